The number of thiophene rings is 1. The lowest BCUT2D eigenvalue weighted by Gasteiger charge is -2.10. The number of ether oxygens (including phenoxy) is 1. The molecule has 0 saturated carbocycles. The molecule has 0 unspecified atom stereocenters. The molecule has 6 heteroatoms. The highest BCUT2D eigenvalue weighted by Crippen LogP contribution is 2.36. The van der Waals surface area contributed by atoms with E-state index in [-0.39, 0.29) is 0 Å². The van der Waals surface area contributed by atoms with Crippen molar-refractivity contribution in [1.82, 2.24) is 0 Å². The quantitative estimate of drug-likeness (QED) is 0.664. The van der Waals surface area contributed by atoms with Gasteiger partial charge in [-0.3, -0.25) is 0 Å². The van der Waals surface area contributed by atoms with Crippen molar-refractivity contribution in [2.24, 2.45) is 0 Å². The minimum absolute atomic E-state index is 0.527. The highest BCUT2D eigenvalue weighted by molar-refractivity contribution is 9.11. The minimum atomic E-state index is 0.527. The molecule has 0 saturated heterocycles. The zero-order valence-corrected chi connectivity index (χ0v) is 14.1. The SMILES string of the molecule is Nc1cc(Br)c(OCc2sccc2Br)c(Br)c1. The first-order valence-corrected chi connectivity index (χ1v) is 7.93. The van der Waals surface area contributed by atoms with E-state index in [0.717, 1.165) is 24.0 Å². The predicted octanol–water partition coefficient (Wildman–Crippen LogP) is 5.20. The van der Waals surface area contributed by atoms with E-state index in [4.69, 9.17) is 10.5 Å². The average molecular weight is 442 g/mol. The van der Waals surface area contributed by atoms with Gasteiger partial charge in [0, 0.05) is 10.2 Å². The average Bonchev–Trinajstić information content (AvgIpc) is 2.62. The van der Waals surface area contributed by atoms with Crippen LogP contribution in [0.25, 0.3) is 0 Å². The van der Waals surface area contributed by atoms with Gasteiger partial charge in [0.25, 0.3) is 0 Å². The maximum absolute atomic E-state index is 5.78. The van der Waals surface area contributed by atoms with Crippen molar-refractivity contribution in [3.63, 3.8) is 0 Å². The summed E-state index contributed by atoms with van der Waals surface area (Å²) >= 11 is 12.0. The summed E-state index contributed by atoms with van der Waals surface area (Å²) in [5, 5.41) is 2.02. The third-order valence-corrected chi connectivity index (χ3v) is 5.14. The summed E-state index contributed by atoms with van der Waals surface area (Å²) in [4.78, 5) is 1.15. The third-order valence-electron chi connectivity index (χ3n) is 2.06. The van der Waals surface area contributed by atoms with Gasteiger partial charge in [-0.15, -0.1) is 11.3 Å². The molecule has 0 aliphatic heterocycles. The Bertz CT molecular complexity index is 518. The molecule has 0 amide bonds. The first-order chi connectivity index (χ1) is 8.08. The number of nitrogen functional groups attached to an aromatic ring is 1. The smallest absolute Gasteiger partial charge is 0.148 e. The van der Waals surface area contributed by atoms with Crippen molar-refractivity contribution < 1.29 is 4.74 Å². The Morgan fingerprint density at radius 3 is 2.29 bits per heavy atom. The molecule has 1 aromatic carbocycles. The number of nitrogens with two attached hydrogens (primary N) is 1. The highest BCUT2D eigenvalue weighted by Gasteiger charge is 2.09. The highest BCUT2D eigenvalue weighted by atomic mass is 79.9. The Balaban J connectivity index is 2.17. The van der Waals surface area contributed by atoms with Crippen molar-refractivity contribution in [3.8, 4) is 5.75 Å². The van der Waals surface area contributed by atoms with E-state index in [1.165, 1.54) is 0 Å². The van der Waals surface area contributed by atoms with Crippen LogP contribution in [0.15, 0.2) is 37.0 Å². The van der Waals surface area contributed by atoms with E-state index in [1.54, 1.807) is 11.3 Å². The van der Waals surface area contributed by atoms with Crippen LogP contribution in [0.4, 0.5) is 5.69 Å². The molecule has 1 aromatic heterocycles. The summed E-state index contributed by atoms with van der Waals surface area (Å²) in [6, 6.07) is 5.66. The van der Waals surface area contributed by atoms with Gasteiger partial charge in [0.1, 0.15) is 12.4 Å². The molecular weight excluding hydrogens is 434 g/mol. The lowest BCUT2D eigenvalue weighted by molar-refractivity contribution is 0.305. The molecule has 90 valence electrons. The molecule has 2 N–H and O–H groups in total. The molecule has 0 fully saturated rings. The normalized spacial score (nSPS) is 10.5. The Kier molecular flexibility index (Phi) is 4.52. The molecular formula is C11H8Br3NOS. The van der Waals surface area contributed by atoms with Gasteiger partial charge in [-0.1, -0.05) is 0 Å². The maximum Gasteiger partial charge on any atom is 0.148 e. The van der Waals surface area contributed by atoms with Crippen LogP contribution >= 0.6 is 59.1 Å². The summed E-state index contributed by atoms with van der Waals surface area (Å²) in [5.41, 5.74) is 6.41. The molecule has 0 aliphatic carbocycles. The number of anilines is 1. The number of halogens is 3. The van der Waals surface area contributed by atoms with Gasteiger partial charge >= 0.3 is 0 Å². The number of benzene rings is 1. The van der Waals surface area contributed by atoms with E-state index in [0.29, 0.717) is 12.3 Å². The predicted molar refractivity (Wildman–Crippen MR) is 82.6 cm³/mol. The van der Waals surface area contributed by atoms with Crippen molar-refractivity contribution in [3.05, 3.63) is 41.9 Å². The van der Waals surface area contributed by atoms with Gasteiger partial charge in [-0.2, -0.15) is 0 Å². The first-order valence-electron chi connectivity index (χ1n) is 4.67. The zero-order valence-electron chi connectivity index (χ0n) is 8.54. The molecule has 2 aromatic rings. The number of hydrogen-bond donors (Lipinski definition) is 1. The molecule has 0 atom stereocenters. The van der Waals surface area contributed by atoms with Gasteiger partial charge in [0.05, 0.1) is 13.8 Å². The minimum Gasteiger partial charge on any atom is -0.486 e. The Morgan fingerprint density at radius 1 is 1.12 bits per heavy atom. The van der Waals surface area contributed by atoms with Crippen LogP contribution in [-0.4, -0.2) is 0 Å². The van der Waals surface area contributed by atoms with Gasteiger partial charge in [-0.05, 0) is 71.4 Å². The molecule has 2 rings (SSSR count). The molecule has 0 radical (unpaired) electrons. The first kappa shape index (κ1) is 13.4. The second-order valence-corrected chi connectivity index (χ2v) is 6.86. The van der Waals surface area contributed by atoms with Crippen molar-refractivity contribution in [2.45, 2.75) is 6.61 Å². The Hall–Kier alpha value is -0.0400. The van der Waals surface area contributed by atoms with Crippen molar-refractivity contribution >= 4 is 64.8 Å². The number of hydrogen-bond acceptors (Lipinski definition) is 3. The van der Waals surface area contributed by atoms with Crippen LogP contribution < -0.4 is 10.5 Å². The number of rotatable bonds is 3. The molecule has 0 bridgehead atoms. The fourth-order valence-corrected chi connectivity index (χ4v) is 4.11. The molecule has 17 heavy (non-hydrogen) atoms. The van der Waals surface area contributed by atoms with Crippen LogP contribution in [0.2, 0.25) is 0 Å². The molecule has 1 heterocycles. The van der Waals surface area contributed by atoms with E-state index in [9.17, 15) is 0 Å². The molecule has 0 spiro atoms. The zero-order chi connectivity index (χ0) is 12.4. The molecule has 2 nitrogen and oxygen atoms in total. The maximum atomic E-state index is 5.78. The van der Waals surface area contributed by atoms with E-state index in [1.807, 2.05) is 23.6 Å². The third kappa shape index (κ3) is 3.24. The van der Waals surface area contributed by atoms with E-state index < -0.39 is 0 Å². The van der Waals surface area contributed by atoms with Gasteiger partial charge in [0.2, 0.25) is 0 Å². The van der Waals surface area contributed by atoms with Crippen LogP contribution in [0, 0.1) is 0 Å². The van der Waals surface area contributed by atoms with Crippen molar-refractivity contribution in [1.29, 1.82) is 0 Å². The van der Waals surface area contributed by atoms with Crippen molar-refractivity contribution in [2.75, 3.05) is 5.73 Å². The second kappa shape index (κ2) is 5.73. The fourth-order valence-electron chi connectivity index (χ4n) is 1.28. The Morgan fingerprint density at radius 2 is 1.76 bits per heavy atom. The van der Waals surface area contributed by atoms with Gasteiger partial charge in [-0.25, -0.2) is 0 Å². The summed E-state index contributed by atoms with van der Waals surface area (Å²) in [6.45, 7) is 0.527. The Labute approximate surface area is 129 Å². The lowest BCUT2D eigenvalue weighted by Crippen LogP contribution is -1.96. The fraction of sp³-hybridized carbons (Fsp3) is 0.0909. The second-order valence-electron chi connectivity index (χ2n) is 3.29. The van der Waals surface area contributed by atoms with Gasteiger partial charge in [0.15, 0.2) is 0 Å². The van der Waals surface area contributed by atoms with E-state index >= 15 is 0 Å². The molecule has 0 aliphatic rings. The van der Waals surface area contributed by atoms with Crippen LogP contribution in [0.3, 0.4) is 0 Å². The van der Waals surface area contributed by atoms with Crippen LogP contribution in [0.5, 0.6) is 5.75 Å². The van der Waals surface area contributed by atoms with Gasteiger partial charge < -0.3 is 10.5 Å². The summed E-state index contributed by atoms with van der Waals surface area (Å²) in [5.74, 6) is 0.763. The summed E-state index contributed by atoms with van der Waals surface area (Å²) in [7, 11) is 0. The topological polar surface area (TPSA) is 35.2 Å². The lowest BCUT2D eigenvalue weighted by atomic mass is 10.3. The van der Waals surface area contributed by atoms with Crippen LogP contribution in [-0.2, 0) is 6.61 Å². The monoisotopic (exact) mass is 439 g/mol. The largest absolute Gasteiger partial charge is 0.486 e. The summed E-state index contributed by atoms with van der Waals surface area (Å²) < 4.78 is 8.54. The van der Waals surface area contributed by atoms with E-state index in [2.05, 4.69) is 47.8 Å². The summed E-state index contributed by atoms with van der Waals surface area (Å²) in [6.07, 6.45) is 0. The van der Waals surface area contributed by atoms with Crippen LogP contribution in [0.1, 0.15) is 4.88 Å². The standard InChI is InChI=1S/C11H8Br3NOS/c12-7-1-2-17-10(7)5-16-11-8(13)3-6(15)4-9(11)14/h1-4H,5,15H2.